The lowest BCUT2D eigenvalue weighted by Crippen LogP contribution is -2.48. The van der Waals surface area contributed by atoms with Gasteiger partial charge in [-0.15, -0.1) is 0 Å². The van der Waals surface area contributed by atoms with E-state index in [2.05, 4.69) is 11.0 Å². The van der Waals surface area contributed by atoms with Gasteiger partial charge in [0.25, 0.3) is 0 Å². The molecule has 1 unspecified atom stereocenters. The van der Waals surface area contributed by atoms with E-state index in [0.29, 0.717) is 0 Å². The van der Waals surface area contributed by atoms with E-state index in [-0.39, 0.29) is 11.5 Å². The summed E-state index contributed by atoms with van der Waals surface area (Å²) in [5.41, 5.74) is 1.38. The third-order valence-electron chi connectivity index (χ3n) is 5.12. The molecule has 3 rings (SSSR count). The van der Waals surface area contributed by atoms with Gasteiger partial charge in [0.05, 0.1) is 11.3 Å². The topological polar surface area (TPSA) is 56.6 Å². The Morgan fingerprint density at radius 3 is 2.68 bits per heavy atom. The van der Waals surface area contributed by atoms with Crippen molar-refractivity contribution in [1.29, 1.82) is 5.26 Å². The van der Waals surface area contributed by atoms with Crippen LogP contribution in [-0.4, -0.2) is 42.8 Å². The van der Waals surface area contributed by atoms with Gasteiger partial charge in [0.1, 0.15) is 11.7 Å². The molecule has 0 N–H and O–H groups in total. The molecule has 1 aromatic carbocycles. The summed E-state index contributed by atoms with van der Waals surface area (Å²) in [7, 11) is 0. The Morgan fingerprint density at radius 2 is 1.96 bits per heavy atom. The molecule has 0 radical (unpaired) electrons. The highest BCUT2D eigenvalue weighted by Crippen LogP contribution is 2.41. The highest BCUT2D eigenvalue weighted by atomic mass is 16.6. The minimum Gasteiger partial charge on any atom is -0.444 e. The average Bonchev–Trinajstić information content (AvgIpc) is 2.96. The summed E-state index contributed by atoms with van der Waals surface area (Å²) in [6, 6.07) is 10.1. The number of ether oxygens (including phenoxy) is 1. The Kier molecular flexibility index (Phi) is 4.64. The first-order valence-electron chi connectivity index (χ1n) is 9.04. The molecule has 25 heavy (non-hydrogen) atoms. The van der Waals surface area contributed by atoms with E-state index in [1.807, 2.05) is 49.9 Å². The van der Waals surface area contributed by atoms with E-state index in [0.717, 1.165) is 56.7 Å². The van der Waals surface area contributed by atoms with Gasteiger partial charge in [-0.25, -0.2) is 4.79 Å². The molecule has 1 amide bonds. The number of likely N-dealkylation sites (tertiary alicyclic amines) is 1. The molecule has 2 fully saturated rings. The van der Waals surface area contributed by atoms with Crippen LogP contribution in [0, 0.1) is 16.7 Å². The Balaban J connectivity index is 1.71. The number of carbonyl (C=O) groups excluding carboxylic acids is 1. The predicted molar refractivity (Wildman–Crippen MR) is 97.5 cm³/mol. The molecule has 0 aliphatic carbocycles. The van der Waals surface area contributed by atoms with Crippen molar-refractivity contribution >= 4 is 11.8 Å². The van der Waals surface area contributed by atoms with Crippen molar-refractivity contribution < 1.29 is 9.53 Å². The number of benzene rings is 1. The Morgan fingerprint density at radius 1 is 1.20 bits per heavy atom. The first-order chi connectivity index (χ1) is 11.8. The predicted octanol–water partition coefficient (Wildman–Crippen LogP) is 3.79. The molecule has 134 valence electrons. The molecular weight excluding hydrogens is 314 g/mol. The highest BCUT2D eigenvalue weighted by Gasteiger charge is 2.43. The molecule has 1 atom stereocenters. The SMILES string of the molecule is CC(C)(C)OC(=O)N1CCCC2(CCN(c3ccccc3C#N)C2)C1. The summed E-state index contributed by atoms with van der Waals surface area (Å²) in [4.78, 5) is 16.6. The third kappa shape index (κ3) is 3.89. The number of amides is 1. The molecule has 2 heterocycles. The second-order valence-corrected chi connectivity index (χ2v) is 8.31. The summed E-state index contributed by atoms with van der Waals surface area (Å²) in [6.45, 7) is 9.05. The first-order valence-corrected chi connectivity index (χ1v) is 9.04. The number of rotatable bonds is 1. The fourth-order valence-corrected chi connectivity index (χ4v) is 4.01. The lowest BCUT2D eigenvalue weighted by atomic mass is 9.79. The van der Waals surface area contributed by atoms with Crippen molar-refractivity contribution in [3.8, 4) is 6.07 Å². The van der Waals surface area contributed by atoms with Gasteiger partial charge in [-0.3, -0.25) is 0 Å². The molecule has 2 aliphatic heterocycles. The van der Waals surface area contributed by atoms with Gasteiger partial charge >= 0.3 is 6.09 Å². The van der Waals surface area contributed by atoms with Crippen LogP contribution in [0.25, 0.3) is 0 Å². The van der Waals surface area contributed by atoms with E-state index >= 15 is 0 Å². The number of anilines is 1. The number of carbonyl (C=O) groups is 1. The van der Waals surface area contributed by atoms with Crippen molar-refractivity contribution in [2.75, 3.05) is 31.1 Å². The molecule has 5 heteroatoms. The van der Waals surface area contributed by atoms with Crippen LogP contribution in [0.5, 0.6) is 0 Å². The quantitative estimate of drug-likeness (QED) is 0.780. The monoisotopic (exact) mass is 341 g/mol. The molecule has 1 aromatic rings. The Labute approximate surface area is 150 Å². The molecule has 2 saturated heterocycles. The van der Waals surface area contributed by atoms with Crippen LogP contribution in [-0.2, 0) is 4.74 Å². The zero-order valence-electron chi connectivity index (χ0n) is 15.4. The van der Waals surface area contributed by atoms with Crippen molar-refractivity contribution in [2.24, 2.45) is 5.41 Å². The van der Waals surface area contributed by atoms with Crippen LogP contribution in [0.4, 0.5) is 10.5 Å². The lowest BCUT2D eigenvalue weighted by molar-refractivity contribution is 0.00713. The maximum absolute atomic E-state index is 12.5. The van der Waals surface area contributed by atoms with Crippen molar-refractivity contribution in [3.05, 3.63) is 29.8 Å². The van der Waals surface area contributed by atoms with Crippen LogP contribution in [0.15, 0.2) is 24.3 Å². The smallest absolute Gasteiger partial charge is 0.410 e. The van der Waals surface area contributed by atoms with E-state index in [4.69, 9.17) is 4.74 Å². The first kappa shape index (κ1) is 17.6. The summed E-state index contributed by atoms with van der Waals surface area (Å²) < 4.78 is 5.56. The van der Waals surface area contributed by atoms with Crippen LogP contribution < -0.4 is 4.90 Å². The molecule has 1 spiro atoms. The highest BCUT2D eigenvalue weighted by molar-refractivity contribution is 5.68. The minimum atomic E-state index is -0.463. The molecule has 0 bridgehead atoms. The standard InChI is InChI=1S/C20H27N3O2/c1-19(2,3)25-18(24)23-11-6-9-20(15-23)10-12-22(14-20)17-8-5-4-7-16(17)13-21/h4-5,7-8H,6,9-12,14-15H2,1-3H3. The van der Waals surface area contributed by atoms with Gasteiger partial charge in [0.2, 0.25) is 0 Å². The van der Waals surface area contributed by atoms with Gasteiger partial charge in [0, 0.05) is 31.6 Å². The normalized spacial score (nSPS) is 23.6. The summed E-state index contributed by atoms with van der Waals surface area (Å²) in [6.07, 6.45) is 2.97. The fraction of sp³-hybridized carbons (Fsp3) is 0.600. The largest absolute Gasteiger partial charge is 0.444 e. The Bertz CT molecular complexity index is 689. The number of piperidine rings is 1. The zero-order chi connectivity index (χ0) is 18.1. The van der Waals surface area contributed by atoms with E-state index < -0.39 is 5.60 Å². The molecule has 0 aromatic heterocycles. The number of hydrogen-bond acceptors (Lipinski definition) is 4. The third-order valence-corrected chi connectivity index (χ3v) is 5.12. The van der Waals surface area contributed by atoms with Crippen LogP contribution >= 0.6 is 0 Å². The van der Waals surface area contributed by atoms with Gasteiger partial charge in [-0.1, -0.05) is 12.1 Å². The minimum absolute atomic E-state index is 0.109. The van der Waals surface area contributed by atoms with E-state index in [1.165, 1.54) is 0 Å². The number of nitriles is 1. The van der Waals surface area contributed by atoms with E-state index in [9.17, 15) is 10.1 Å². The lowest BCUT2D eigenvalue weighted by Gasteiger charge is -2.40. The number of hydrogen-bond donors (Lipinski definition) is 0. The second kappa shape index (κ2) is 6.59. The van der Waals surface area contributed by atoms with Crippen molar-refractivity contribution in [2.45, 2.75) is 45.6 Å². The molecule has 2 aliphatic rings. The molecular formula is C20H27N3O2. The van der Waals surface area contributed by atoms with Gasteiger partial charge < -0.3 is 14.5 Å². The van der Waals surface area contributed by atoms with Gasteiger partial charge in [-0.2, -0.15) is 5.26 Å². The zero-order valence-corrected chi connectivity index (χ0v) is 15.4. The van der Waals surface area contributed by atoms with Crippen LogP contribution in [0.2, 0.25) is 0 Å². The van der Waals surface area contributed by atoms with Crippen molar-refractivity contribution in [3.63, 3.8) is 0 Å². The average molecular weight is 341 g/mol. The molecule has 5 nitrogen and oxygen atoms in total. The van der Waals surface area contributed by atoms with Crippen LogP contribution in [0.3, 0.4) is 0 Å². The van der Waals surface area contributed by atoms with Gasteiger partial charge in [-0.05, 0) is 52.2 Å². The number of para-hydroxylation sites is 1. The van der Waals surface area contributed by atoms with Crippen molar-refractivity contribution in [1.82, 2.24) is 4.90 Å². The second-order valence-electron chi connectivity index (χ2n) is 8.31. The maximum Gasteiger partial charge on any atom is 0.410 e. The fourth-order valence-electron chi connectivity index (χ4n) is 4.01. The Hall–Kier alpha value is -2.22. The van der Waals surface area contributed by atoms with E-state index in [1.54, 1.807) is 0 Å². The summed E-state index contributed by atoms with van der Waals surface area (Å²) >= 11 is 0. The number of nitrogens with zero attached hydrogens (tertiary/aromatic N) is 3. The van der Waals surface area contributed by atoms with Crippen LogP contribution in [0.1, 0.15) is 45.6 Å². The maximum atomic E-state index is 12.5. The van der Waals surface area contributed by atoms with Gasteiger partial charge in [0.15, 0.2) is 0 Å². The molecule has 0 saturated carbocycles. The summed E-state index contributed by atoms with van der Waals surface area (Å²) in [5.74, 6) is 0. The summed E-state index contributed by atoms with van der Waals surface area (Å²) in [5, 5.41) is 9.36.